The molecule has 1 aromatic carbocycles. The monoisotopic (exact) mass is 491 g/mol. The average molecular weight is 492 g/mol. The van der Waals surface area contributed by atoms with Crippen LogP contribution in [0.3, 0.4) is 0 Å². The molecule has 1 aromatic rings. The van der Waals surface area contributed by atoms with E-state index in [1.54, 1.807) is 0 Å². The number of hydrogen-bond acceptors (Lipinski definition) is 6. The average Bonchev–Trinajstić information content (AvgIpc) is 3.54. The first-order valence-electron chi connectivity index (χ1n) is 13.5. The number of allylic oxidation sites excluding steroid dienone is 1. The highest BCUT2D eigenvalue weighted by atomic mass is 16.7. The second-order valence-corrected chi connectivity index (χ2v) is 12.2. The molecule has 6 rings (SSSR count). The molecule has 6 heteroatoms. The molecule has 3 saturated carbocycles. The van der Waals surface area contributed by atoms with Gasteiger partial charge in [-0.1, -0.05) is 48.9 Å². The second kappa shape index (κ2) is 8.27. The number of nitrogens with zero attached hydrogens (tertiary/aromatic N) is 1. The number of hydrogen-bond donors (Lipinski definition) is 0. The van der Waals surface area contributed by atoms with E-state index in [4.69, 9.17) is 14.3 Å². The first-order valence-corrected chi connectivity index (χ1v) is 13.5. The van der Waals surface area contributed by atoms with Gasteiger partial charge in [-0.15, -0.1) is 0 Å². The van der Waals surface area contributed by atoms with Gasteiger partial charge in [-0.05, 0) is 80.8 Å². The Morgan fingerprint density at radius 2 is 1.83 bits per heavy atom. The van der Waals surface area contributed by atoms with Crippen molar-refractivity contribution < 1.29 is 23.9 Å². The molecule has 1 heterocycles. The van der Waals surface area contributed by atoms with Gasteiger partial charge in [-0.25, -0.2) is 9.59 Å². The maximum atomic E-state index is 12.7. The Morgan fingerprint density at radius 3 is 2.58 bits per heavy atom. The van der Waals surface area contributed by atoms with Crippen molar-refractivity contribution in [1.29, 1.82) is 0 Å². The van der Waals surface area contributed by atoms with Crippen LogP contribution in [0.5, 0.6) is 0 Å². The van der Waals surface area contributed by atoms with Gasteiger partial charge in [-0.3, -0.25) is 0 Å². The van der Waals surface area contributed by atoms with Crippen LogP contribution in [0.4, 0.5) is 0 Å². The molecule has 1 aliphatic heterocycles. The zero-order chi connectivity index (χ0) is 25.3. The molecule has 5 aliphatic rings. The van der Waals surface area contributed by atoms with Crippen LogP contribution in [0.25, 0.3) is 0 Å². The van der Waals surface area contributed by atoms with Gasteiger partial charge in [0.25, 0.3) is 0 Å². The van der Waals surface area contributed by atoms with Crippen molar-refractivity contribution in [3.05, 3.63) is 47.5 Å². The third-order valence-electron chi connectivity index (χ3n) is 10.6. The van der Waals surface area contributed by atoms with E-state index >= 15 is 0 Å². The van der Waals surface area contributed by atoms with Crippen LogP contribution < -0.4 is 0 Å². The molecule has 4 aliphatic carbocycles. The first kappa shape index (κ1) is 23.9. The van der Waals surface area contributed by atoms with Gasteiger partial charge >= 0.3 is 11.9 Å². The molecule has 6 nitrogen and oxygen atoms in total. The Hall–Kier alpha value is -2.47. The van der Waals surface area contributed by atoms with Crippen LogP contribution in [0.15, 0.2) is 47.1 Å². The number of epoxide rings is 1. The Balaban J connectivity index is 1.20. The SMILES string of the molecule is CC(=O)ON=C(C)C12OC1CC1C3CC=C4CC(OC(=O)c5ccccc5)CCC4(C)C3CCC12C. The minimum absolute atomic E-state index is 0.0106. The van der Waals surface area contributed by atoms with Crippen LogP contribution in [0.2, 0.25) is 0 Å². The van der Waals surface area contributed by atoms with Crippen molar-refractivity contribution in [2.45, 2.75) is 90.4 Å². The van der Waals surface area contributed by atoms with Gasteiger partial charge in [0.2, 0.25) is 0 Å². The van der Waals surface area contributed by atoms with Crippen molar-refractivity contribution in [1.82, 2.24) is 0 Å². The third kappa shape index (κ3) is 3.36. The van der Waals surface area contributed by atoms with Gasteiger partial charge in [0.05, 0.1) is 17.4 Å². The second-order valence-electron chi connectivity index (χ2n) is 12.2. The fourth-order valence-corrected chi connectivity index (χ4v) is 8.81. The molecule has 8 atom stereocenters. The molecule has 0 radical (unpaired) electrons. The summed E-state index contributed by atoms with van der Waals surface area (Å²) >= 11 is 0. The molecular weight excluding hydrogens is 454 g/mol. The summed E-state index contributed by atoms with van der Waals surface area (Å²) < 4.78 is 12.3. The van der Waals surface area contributed by atoms with E-state index in [-0.39, 0.29) is 34.6 Å². The molecule has 0 aromatic heterocycles. The summed E-state index contributed by atoms with van der Waals surface area (Å²) in [5.74, 6) is 1.22. The van der Waals surface area contributed by atoms with Crippen LogP contribution in [-0.4, -0.2) is 35.5 Å². The van der Waals surface area contributed by atoms with Crippen molar-refractivity contribution in [3.63, 3.8) is 0 Å². The number of carbonyl (C=O) groups excluding carboxylic acids is 2. The van der Waals surface area contributed by atoms with Crippen LogP contribution >= 0.6 is 0 Å². The van der Waals surface area contributed by atoms with Gasteiger partial charge in [0, 0.05) is 18.8 Å². The third-order valence-corrected chi connectivity index (χ3v) is 10.6. The smallest absolute Gasteiger partial charge is 0.338 e. The van der Waals surface area contributed by atoms with Gasteiger partial charge in [0.15, 0.2) is 0 Å². The maximum Gasteiger partial charge on any atom is 0.338 e. The summed E-state index contributed by atoms with van der Waals surface area (Å²) in [6.45, 7) is 8.19. The van der Waals surface area contributed by atoms with E-state index in [1.165, 1.54) is 18.9 Å². The quantitative estimate of drug-likeness (QED) is 0.132. The van der Waals surface area contributed by atoms with Gasteiger partial charge < -0.3 is 14.3 Å². The number of rotatable bonds is 4. The summed E-state index contributed by atoms with van der Waals surface area (Å²) in [4.78, 5) is 29.0. The van der Waals surface area contributed by atoms with Gasteiger partial charge in [-0.2, -0.15) is 0 Å². The number of benzene rings is 1. The Kier molecular flexibility index (Phi) is 5.49. The van der Waals surface area contributed by atoms with Crippen molar-refractivity contribution in [2.75, 3.05) is 0 Å². The van der Waals surface area contributed by atoms with Crippen molar-refractivity contribution in [2.24, 2.45) is 33.7 Å². The van der Waals surface area contributed by atoms with Crippen LogP contribution in [0.1, 0.15) is 83.0 Å². The van der Waals surface area contributed by atoms with E-state index in [0.717, 1.165) is 44.2 Å². The first-order chi connectivity index (χ1) is 17.2. The highest BCUT2D eigenvalue weighted by Crippen LogP contribution is 2.73. The molecule has 192 valence electrons. The fraction of sp³-hybridized carbons (Fsp3) is 0.633. The molecule has 0 N–H and O–H groups in total. The molecule has 36 heavy (non-hydrogen) atoms. The van der Waals surface area contributed by atoms with Crippen LogP contribution in [-0.2, 0) is 19.1 Å². The summed E-state index contributed by atoms with van der Waals surface area (Å²) in [6, 6.07) is 9.30. The summed E-state index contributed by atoms with van der Waals surface area (Å²) in [5.41, 5.74) is 2.72. The Bertz CT molecular complexity index is 1140. The zero-order valence-corrected chi connectivity index (χ0v) is 21.8. The lowest BCUT2D eigenvalue weighted by atomic mass is 9.47. The van der Waals surface area contributed by atoms with E-state index in [0.29, 0.717) is 23.3 Å². The molecule has 0 amide bonds. The number of esters is 1. The normalized spacial score (nSPS) is 42.7. The minimum atomic E-state index is -0.394. The summed E-state index contributed by atoms with van der Waals surface area (Å²) in [5, 5.41) is 4.18. The largest absolute Gasteiger partial charge is 0.458 e. The van der Waals surface area contributed by atoms with E-state index < -0.39 is 5.97 Å². The topological polar surface area (TPSA) is 77.5 Å². The molecule has 1 saturated heterocycles. The summed E-state index contributed by atoms with van der Waals surface area (Å²) in [6.07, 6.45) is 9.84. The van der Waals surface area contributed by atoms with E-state index in [2.05, 4.69) is 25.1 Å². The van der Waals surface area contributed by atoms with Crippen molar-refractivity contribution >= 4 is 17.7 Å². The highest BCUT2D eigenvalue weighted by Gasteiger charge is 2.78. The standard InChI is InChI=1S/C30H37NO5/c1-18(31-36-19(2)32)30-26(35-30)17-25-23-11-10-21-16-22(34-27(33)20-8-6-5-7-9-20)12-14-28(21,3)24(23)13-15-29(25,30)4/h5-10,22-26H,11-17H2,1-4H3. The fourth-order valence-electron chi connectivity index (χ4n) is 8.81. The number of ether oxygens (including phenoxy) is 2. The molecule has 0 spiro atoms. The maximum absolute atomic E-state index is 12.7. The van der Waals surface area contributed by atoms with Crippen molar-refractivity contribution in [3.8, 4) is 0 Å². The predicted octanol–water partition coefficient (Wildman–Crippen LogP) is 5.86. The Labute approximate surface area is 213 Å². The number of carbonyl (C=O) groups is 2. The number of oxime groups is 1. The van der Waals surface area contributed by atoms with E-state index in [1.807, 2.05) is 37.3 Å². The predicted molar refractivity (Wildman–Crippen MR) is 135 cm³/mol. The number of fused-ring (bicyclic) bond motifs is 7. The van der Waals surface area contributed by atoms with E-state index in [9.17, 15) is 9.59 Å². The lowest BCUT2D eigenvalue weighted by molar-refractivity contribution is -0.141. The lowest BCUT2D eigenvalue weighted by Crippen LogP contribution is -2.54. The van der Waals surface area contributed by atoms with Gasteiger partial charge in [0.1, 0.15) is 11.7 Å². The molecule has 4 fully saturated rings. The minimum Gasteiger partial charge on any atom is -0.458 e. The Morgan fingerprint density at radius 1 is 1.06 bits per heavy atom. The zero-order valence-electron chi connectivity index (χ0n) is 21.8. The van der Waals surface area contributed by atoms with Crippen LogP contribution in [0, 0.1) is 28.6 Å². The lowest BCUT2D eigenvalue weighted by Gasteiger charge is -2.58. The molecule has 0 bridgehead atoms. The highest BCUT2D eigenvalue weighted by molar-refractivity contribution is 5.95. The molecule has 8 unspecified atom stereocenters. The molecular formula is C30H37NO5. The summed E-state index contributed by atoms with van der Waals surface area (Å²) in [7, 11) is 0.